The molecular formula is C14H22N2. The minimum absolute atomic E-state index is 0.683. The molecule has 1 aliphatic heterocycles. The van der Waals surface area contributed by atoms with Gasteiger partial charge in [0, 0.05) is 24.0 Å². The number of aryl methyl sites for hydroxylation is 1. The molecule has 1 aromatic carbocycles. The van der Waals surface area contributed by atoms with Gasteiger partial charge < -0.3 is 10.6 Å². The Labute approximate surface area is 98.4 Å². The highest BCUT2D eigenvalue weighted by molar-refractivity contribution is 5.60. The zero-order valence-corrected chi connectivity index (χ0v) is 10.5. The van der Waals surface area contributed by atoms with E-state index in [9.17, 15) is 0 Å². The molecule has 1 fully saturated rings. The first-order valence-electron chi connectivity index (χ1n) is 6.22. The van der Waals surface area contributed by atoms with Crippen molar-refractivity contribution in [1.82, 2.24) is 0 Å². The van der Waals surface area contributed by atoms with Crippen molar-refractivity contribution in [1.29, 1.82) is 0 Å². The van der Waals surface area contributed by atoms with E-state index in [4.69, 9.17) is 5.73 Å². The van der Waals surface area contributed by atoms with Crippen LogP contribution in [0.15, 0.2) is 18.2 Å². The van der Waals surface area contributed by atoms with Crippen LogP contribution in [0.2, 0.25) is 0 Å². The molecule has 1 unspecified atom stereocenters. The molecule has 0 amide bonds. The first kappa shape index (κ1) is 11.3. The Hall–Kier alpha value is -1.18. The van der Waals surface area contributed by atoms with Crippen LogP contribution in [0.5, 0.6) is 0 Å². The van der Waals surface area contributed by atoms with Gasteiger partial charge in [-0.05, 0) is 43.4 Å². The van der Waals surface area contributed by atoms with E-state index in [1.807, 2.05) is 0 Å². The van der Waals surface area contributed by atoms with E-state index < -0.39 is 0 Å². The molecule has 0 radical (unpaired) electrons. The third-order valence-electron chi connectivity index (χ3n) is 3.66. The maximum atomic E-state index is 5.98. The van der Waals surface area contributed by atoms with Crippen molar-refractivity contribution >= 4 is 11.4 Å². The fraction of sp³-hybridized carbons (Fsp3) is 0.571. The molecular weight excluding hydrogens is 196 g/mol. The monoisotopic (exact) mass is 218 g/mol. The number of hydrogen-bond donors (Lipinski definition) is 1. The number of nitrogen functional groups attached to an aromatic ring is 1. The number of nitrogens with two attached hydrogens (primary N) is 1. The molecule has 0 saturated carbocycles. The van der Waals surface area contributed by atoms with Crippen LogP contribution in [-0.2, 0) is 0 Å². The summed E-state index contributed by atoms with van der Waals surface area (Å²) in [6.45, 7) is 7.84. The largest absolute Gasteiger partial charge is 0.398 e. The molecule has 2 nitrogen and oxygen atoms in total. The van der Waals surface area contributed by atoms with E-state index in [1.165, 1.54) is 30.6 Å². The van der Waals surface area contributed by atoms with E-state index in [0.29, 0.717) is 12.0 Å². The Morgan fingerprint density at radius 2 is 2.12 bits per heavy atom. The average molecular weight is 218 g/mol. The molecule has 0 bridgehead atoms. The second-order valence-corrected chi connectivity index (χ2v) is 5.19. The maximum Gasteiger partial charge on any atom is 0.0389 e. The SMILES string of the molecule is Cc1ccc(N2CCCC2C(C)C)cc1N. The van der Waals surface area contributed by atoms with Crippen molar-refractivity contribution in [3.8, 4) is 0 Å². The minimum Gasteiger partial charge on any atom is -0.398 e. The molecule has 2 heteroatoms. The highest BCUT2D eigenvalue weighted by Gasteiger charge is 2.27. The topological polar surface area (TPSA) is 29.3 Å². The fourth-order valence-electron chi connectivity index (χ4n) is 2.61. The average Bonchev–Trinajstić information content (AvgIpc) is 2.71. The lowest BCUT2D eigenvalue weighted by Gasteiger charge is -2.30. The van der Waals surface area contributed by atoms with Crippen LogP contribution < -0.4 is 10.6 Å². The van der Waals surface area contributed by atoms with Crippen LogP contribution in [0, 0.1) is 12.8 Å². The van der Waals surface area contributed by atoms with E-state index in [0.717, 1.165) is 5.69 Å². The summed E-state index contributed by atoms with van der Waals surface area (Å²) >= 11 is 0. The molecule has 88 valence electrons. The van der Waals surface area contributed by atoms with Gasteiger partial charge >= 0.3 is 0 Å². The first-order valence-corrected chi connectivity index (χ1v) is 6.22. The van der Waals surface area contributed by atoms with Gasteiger partial charge in [0.05, 0.1) is 0 Å². The van der Waals surface area contributed by atoms with Crippen LogP contribution in [-0.4, -0.2) is 12.6 Å². The van der Waals surface area contributed by atoms with E-state index in [2.05, 4.69) is 43.9 Å². The van der Waals surface area contributed by atoms with E-state index in [-0.39, 0.29) is 0 Å². The number of anilines is 2. The Balaban J connectivity index is 2.26. The summed E-state index contributed by atoms with van der Waals surface area (Å²) < 4.78 is 0. The standard InChI is InChI=1S/C14H22N2/c1-10(2)14-5-4-8-16(14)12-7-6-11(3)13(15)9-12/h6-7,9-10,14H,4-5,8,15H2,1-3H3. The summed E-state index contributed by atoms with van der Waals surface area (Å²) in [5.74, 6) is 0.713. The summed E-state index contributed by atoms with van der Waals surface area (Å²) in [6.07, 6.45) is 2.61. The van der Waals surface area contributed by atoms with Gasteiger partial charge in [-0.1, -0.05) is 19.9 Å². The summed E-state index contributed by atoms with van der Waals surface area (Å²) in [4.78, 5) is 2.51. The maximum absolute atomic E-state index is 5.98. The minimum atomic E-state index is 0.683. The van der Waals surface area contributed by atoms with Crippen LogP contribution in [0.25, 0.3) is 0 Å². The second-order valence-electron chi connectivity index (χ2n) is 5.19. The summed E-state index contributed by atoms with van der Waals surface area (Å²) in [6, 6.07) is 7.13. The molecule has 1 heterocycles. The van der Waals surface area contributed by atoms with Crippen LogP contribution in [0.4, 0.5) is 11.4 Å². The van der Waals surface area contributed by atoms with Crippen molar-refractivity contribution in [2.75, 3.05) is 17.2 Å². The molecule has 2 rings (SSSR count). The zero-order valence-electron chi connectivity index (χ0n) is 10.5. The highest BCUT2D eigenvalue weighted by Crippen LogP contribution is 2.31. The van der Waals surface area contributed by atoms with Crippen molar-refractivity contribution in [3.63, 3.8) is 0 Å². The number of rotatable bonds is 2. The molecule has 1 saturated heterocycles. The lowest BCUT2D eigenvalue weighted by Crippen LogP contribution is -2.33. The summed E-state index contributed by atoms with van der Waals surface area (Å²) in [7, 11) is 0. The molecule has 0 spiro atoms. The van der Waals surface area contributed by atoms with Crippen LogP contribution in [0.3, 0.4) is 0 Å². The number of nitrogens with zero attached hydrogens (tertiary/aromatic N) is 1. The molecule has 16 heavy (non-hydrogen) atoms. The Morgan fingerprint density at radius 3 is 2.75 bits per heavy atom. The van der Waals surface area contributed by atoms with Gasteiger partial charge in [-0.25, -0.2) is 0 Å². The lowest BCUT2D eigenvalue weighted by atomic mass is 10.0. The molecule has 0 aromatic heterocycles. The van der Waals surface area contributed by atoms with Crippen molar-refractivity contribution in [3.05, 3.63) is 23.8 Å². The van der Waals surface area contributed by atoms with Crippen molar-refractivity contribution < 1.29 is 0 Å². The number of benzene rings is 1. The Kier molecular flexibility index (Phi) is 3.08. The van der Waals surface area contributed by atoms with E-state index in [1.54, 1.807) is 0 Å². The van der Waals surface area contributed by atoms with Crippen LogP contribution in [0.1, 0.15) is 32.3 Å². The number of hydrogen-bond acceptors (Lipinski definition) is 2. The fourth-order valence-corrected chi connectivity index (χ4v) is 2.61. The molecule has 1 aliphatic rings. The van der Waals surface area contributed by atoms with Gasteiger partial charge in [0.25, 0.3) is 0 Å². The lowest BCUT2D eigenvalue weighted by molar-refractivity contribution is 0.492. The van der Waals surface area contributed by atoms with Gasteiger partial charge in [-0.15, -0.1) is 0 Å². The summed E-state index contributed by atoms with van der Waals surface area (Å²) in [5, 5.41) is 0. The van der Waals surface area contributed by atoms with Crippen LogP contribution >= 0.6 is 0 Å². The molecule has 0 aliphatic carbocycles. The summed E-state index contributed by atoms with van der Waals surface area (Å²) in [5.41, 5.74) is 9.35. The van der Waals surface area contributed by atoms with Gasteiger partial charge in [-0.3, -0.25) is 0 Å². The van der Waals surface area contributed by atoms with Gasteiger partial charge in [-0.2, -0.15) is 0 Å². The van der Waals surface area contributed by atoms with Crippen molar-refractivity contribution in [2.45, 2.75) is 39.7 Å². The first-order chi connectivity index (χ1) is 7.59. The van der Waals surface area contributed by atoms with Gasteiger partial charge in [0.1, 0.15) is 0 Å². The van der Waals surface area contributed by atoms with Crippen molar-refractivity contribution in [2.24, 2.45) is 5.92 Å². The quantitative estimate of drug-likeness (QED) is 0.772. The third-order valence-corrected chi connectivity index (χ3v) is 3.66. The normalized spacial score (nSPS) is 20.8. The van der Waals surface area contributed by atoms with Gasteiger partial charge in [0.2, 0.25) is 0 Å². The highest BCUT2D eigenvalue weighted by atomic mass is 15.2. The molecule has 1 aromatic rings. The third kappa shape index (κ3) is 2.01. The Morgan fingerprint density at radius 1 is 1.38 bits per heavy atom. The molecule has 2 N–H and O–H groups in total. The predicted molar refractivity (Wildman–Crippen MR) is 70.8 cm³/mol. The predicted octanol–water partition coefficient (Wildman–Crippen LogP) is 3.20. The Bertz CT molecular complexity index is 371. The smallest absolute Gasteiger partial charge is 0.0389 e. The van der Waals surface area contributed by atoms with Gasteiger partial charge in [0.15, 0.2) is 0 Å². The molecule has 1 atom stereocenters. The second kappa shape index (κ2) is 4.36. The zero-order chi connectivity index (χ0) is 11.7. The van der Waals surface area contributed by atoms with E-state index >= 15 is 0 Å².